The molecule has 118 valence electrons. The topological polar surface area (TPSA) is 53.5 Å². The molecule has 1 aliphatic rings. The molecule has 0 aliphatic carbocycles. The van der Waals surface area contributed by atoms with E-state index in [-0.39, 0.29) is 17.6 Å². The summed E-state index contributed by atoms with van der Waals surface area (Å²) in [7, 11) is 0. The van der Waals surface area contributed by atoms with Crippen LogP contribution >= 0.6 is 0 Å². The smallest absolute Gasteiger partial charge is 0.272 e. The van der Waals surface area contributed by atoms with Gasteiger partial charge in [-0.1, -0.05) is 6.07 Å². The molecule has 23 heavy (non-hydrogen) atoms. The first-order valence-electron chi connectivity index (χ1n) is 7.40. The predicted octanol–water partition coefficient (Wildman–Crippen LogP) is 1.82. The van der Waals surface area contributed by atoms with Gasteiger partial charge < -0.3 is 9.80 Å². The van der Waals surface area contributed by atoms with Crippen LogP contribution in [0.25, 0.3) is 0 Å². The van der Waals surface area contributed by atoms with Gasteiger partial charge in [0.2, 0.25) is 0 Å². The fraction of sp³-hybridized carbons (Fsp3) is 0.235. The van der Waals surface area contributed by atoms with Crippen LogP contribution < -0.4 is 0 Å². The van der Waals surface area contributed by atoms with E-state index in [9.17, 15) is 14.0 Å². The lowest BCUT2D eigenvalue weighted by Gasteiger charge is -2.34. The largest absolute Gasteiger partial charge is 0.335 e. The Hall–Kier alpha value is -2.76. The number of piperazine rings is 1. The zero-order chi connectivity index (χ0) is 16.2. The molecule has 2 heterocycles. The van der Waals surface area contributed by atoms with E-state index in [0.29, 0.717) is 37.4 Å². The SMILES string of the molecule is O=C(c1ccc(F)cc1)N1CCN(C(=O)c2ccccn2)CC1. The first-order chi connectivity index (χ1) is 11.1. The Kier molecular flexibility index (Phi) is 4.32. The van der Waals surface area contributed by atoms with Crippen molar-refractivity contribution in [1.29, 1.82) is 0 Å². The zero-order valence-electron chi connectivity index (χ0n) is 12.5. The van der Waals surface area contributed by atoms with Crippen molar-refractivity contribution in [3.05, 3.63) is 65.7 Å². The fourth-order valence-corrected chi connectivity index (χ4v) is 2.54. The molecule has 1 saturated heterocycles. The lowest BCUT2D eigenvalue weighted by molar-refractivity contribution is 0.0532. The molecular formula is C17H16FN3O2. The van der Waals surface area contributed by atoms with Crippen molar-refractivity contribution in [1.82, 2.24) is 14.8 Å². The molecule has 1 aliphatic heterocycles. The minimum Gasteiger partial charge on any atom is -0.335 e. The molecule has 2 aromatic rings. The molecule has 1 aromatic carbocycles. The van der Waals surface area contributed by atoms with Gasteiger partial charge in [0.25, 0.3) is 11.8 Å². The molecular weight excluding hydrogens is 297 g/mol. The molecule has 5 nitrogen and oxygen atoms in total. The third kappa shape index (κ3) is 3.36. The second-order valence-electron chi connectivity index (χ2n) is 5.31. The van der Waals surface area contributed by atoms with Gasteiger partial charge in [-0.25, -0.2) is 4.39 Å². The number of pyridine rings is 1. The van der Waals surface area contributed by atoms with Gasteiger partial charge in [0.05, 0.1) is 0 Å². The van der Waals surface area contributed by atoms with Crippen molar-refractivity contribution >= 4 is 11.8 Å². The van der Waals surface area contributed by atoms with Crippen molar-refractivity contribution in [2.45, 2.75) is 0 Å². The molecule has 0 atom stereocenters. The highest BCUT2D eigenvalue weighted by Crippen LogP contribution is 2.11. The number of nitrogens with zero attached hydrogens (tertiary/aromatic N) is 3. The molecule has 2 amide bonds. The Morgan fingerprint density at radius 3 is 2.04 bits per heavy atom. The number of halogens is 1. The van der Waals surface area contributed by atoms with Crippen LogP contribution in [0.3, 0.4) is 0 Å². The summed E-state index contributed by atoms with van der Waals surface area (Å²) in [5, 5.41) is 0. The lowest BCUT2D eigenvalue weighted by Crippen LogP contribution is -2.50. The summed E-state index contributed by atoms with van der Waals surface area (Å²) in [6.07, 6.45) is 1.58. The highest BCUT2D eigenvalue weighted by atomic mass is 19.1. The van der Waals surface area contributed by atoms with Crippen molar-refractivity contribution < 1.29 is 14.0 Å². The number of hydrogen-bond donors (Lipinski definition) is 0. The average molecular weight is 313 g/mol. The van der Waals surface area contributed by atoms with E-state index in [0.717, 1.165) is 0 Å². The van der Waals surface area contributed by atoms with Crippen molar-refractivity contribution in [2.75, 3.05) is 26.2 Å². The Bertz CT molecular complexity index is 696. The lowest BCUT2D eigenvalue weighted by atomic mass is 10.1. The quantitative estimate of drug-likeness (QED) is 0.850. The van der Waals surface area contributed by atoms with E-state index in [4.69, 9.17) is 0 Å². The third-order valence-corrected chi connectivity index (χ3v) is 3.83. The van der Waals surface area contributed by atoms with Gasteiger partial charge in [-0.2, -0.15) is 0 Å². The summed E-state index contributed by atoms with van der Waals surface area (Å²) in [6, 6.07) is 10.7. The van der Waals surface area contributed by atoms with E-state index in [1.54, 1.807) is 34.2 Å². The minimum absolute atomic E-state index is 0.125. The van der Waals surface area contributed by atoms with Crippen LogP contribution in [0.15, 0.2) is 48.7 Å². The van der Waals surface area contributed by atoms with E-state index in [2.05, 4.69) is 4.98 Å². The van der Waals surface area contributed by atoms with Crippen LogP contribution in [-0.4, -0.2) is 52.8 Å². The maximum Gasteiger partial charge on any atom is 0.272 e. The molecule has 1 aromatic heterocycles. The van der Waals surface area contributed by atoms with Gasteiger partial charge in [-0.3, -0.25) is 14.6 Å². The monoisotopic (exact) mass is 313 g/mol. The first kappa shape index (κ1) is 15.1. The van der Waals surface area contributed by atoms with Crippen LogP contribution in [0.1, 0.15) is 20.8 Å². The summed E-state index contributed by atoms with van der Waals surface area (Å²) in [5.41, 5.74) is 0.863. The van der Waals surface area contributed by atoms with Crippen LogP contribution in [0.4, 0.5) is 4.39 Å². The second-order valence-corrected chi connectivity index (χ2v) is 5.31. The van der Waals surface area contributed by atoms with Gasteiger partial charge in [0, 0.05) is 37.9 Å². The normalized spacial score (nSPS) is 14.7. The Morgan fingerprint density at radius 1 is 0.870 bits per heavy atom. The Labute approximate surface area is 133 Å². The molecule has 6 heteroatoms. The highest BCUT2D eigenvalue weighted by Gasteiger charge is 2.25. The molecule has 0 unspecified atom stereocenters. The summed E-state index contributed by atoms with van der Waals surface area (Å²) in [5.74, 6) is -0.637. The summed E-state index contributed by atoms with van der Waals surface area (Å²) >= 11 is 0. The van der Waals surface area contributed by atoms with Gasteiger partial charge in [-0.15, -0.1) is 0 Å². The molecule has 1 fully saturated rings. The number of amides is 2. The molecule has 0 saturated carbocycles. The van der Waals surface area contributed by atoms with Crippen LogP contribution in [0, 0.1) is 5.82 Å². The molecule has 0 bridgehead atoms. The standard InChI is InChI=1S/C17H16FN3O2/c18-14-6-4-13(5-7-14)16(22)20-9-11-21(12-10-20)17(23)15-3-1-2-8-19-15/h1-8H,9-12H2. The maximum absolute atomic E-state index is 12.9. The molecule has 0 radical (unpaired) electrons. The second kappa shape index (κ2) is 6.56. The Morgan fingerprint density at radius 2 is 1.48 bits per heavy atom. The van der Waals surface area contributed by atoms with Gasteiger partial charge >= 0.3 is 0 Å². The summed E-state index contributed by atoms with van der Waals surface area (Å²) in [6.45, 7) is 1.83. The molecule has 0 N–H and O–H groups in total. The number of hydrogen-bond acceptors (Lipinski definition) is 3. The Balaban J connectivity index is 1.61. The van der Waals surface area contributed by atoms with Crippen LogP contribution in [-0.2, 0) is 0 Å². The zero-order valence-corrected chi connectivity index (χ0v) is 12.5. The minimum atomic E-state index is -0.368. The van der Waals surface area contributed by atoms with Crippen LogP contribution in [0.5, 0.6) is 0 Å². The van der Waals surface area contributed by atoms with E-state index >= 15 is 0 Å². The maximum atomic E-state index is 12.9. The van der Waals surface area contributed by atoms with Crippen molar-refractivity contribution in [3.63, 3.8) is 0 Å². The number of carbonyl (C=O) groups is 2. The number of rotatable bonds is 2. The van der Waals surface area contributed by atoms with E-state index < -0.39 is 0 Å². The average Bonchev–Trinajstić information content (AvgIpc) is 2.62. The van der Waals surface area contributed by atoms with Crippen molar-refractivity contribution in [2.24, 2.45) is 0 Å². The third-order valence-electron chi connectivity index (χ3n) is 3.83. The van der Waals surface area contributed by atoms with Gasteiger partial charge in [0.15, 0.2) is 0 Å². The predicted molar refractivity (Wildman–Crippen MR) is 82.4 cm³/mol. The number of benzene rings is 1. The first-order valence-corrected chi connectivity index (χ1v) is 7.40. The van der Waals surface area contributed by atoms with Gasteiger partial charge in [-0.05, 0) is 36.4 Å². The summed E-state index contributed by atoms with van der Waals surface area (Å²) < 4.78 is 12.9. The van der Waals surface area contributed by atoms with E-state index in [1.807, 2.05) is 0 Å². The van der Waals surface area contributed by atoms with E-state index in [1.165, 1.54) is 24.3 Å². The van der Waals surface area contributed by atoms with Gasteiger partial charge in [0.1, 0.15) is 11.5 Å². The summed E-state index contributed by atoms with van der Waals surface area (Å²) in [4.78, 5) is 32.1. The highest BCUT2D eigenvalue weighted by molar-refractivity contribution is 5.95. The molecule has 0 spiro atoms. The fourth-order valence-electron chi connectivity index (χ4n) is 2.54. The molecule has 3 rings (SSSR count). The van der Waals surface area contributed by atoms with Crippen LogP contribution in [0.2, 0.25) is 0 Å². The number of aromatic nitrogens is 1. The van der Waals surface area contributed by atoms with Crippen molar-refractivity contribution in [3.8, 4) is 0 Å². The number of carbonyl (C=O) groups excluding carboxylic acids is 2.